The number of ether oxygens (including phenoxy) is 1. The van der Waals surface area contributed by atoms with Crippen LogP contribution < -0.4 is 5.73 Å². The lowest BCUT2D eigenvalue weighted by molar-refractivity contribution is -0.0211. The normalized spacial score (nSPS) is 18.1. The van der Waals surface area contributed by atoms with Gasteiger partial charge in [0.25, 0.3) is 5.91 Å². The SMILES string of the molecule is CC1CN(Cc2ccc3c(-c4cnn(C)c4)cc(C(N)=O)nc3c2)CCO1. The summed E-state index contributed by atoms with van der Waals surface area (Å²) >= 11 is 0. The van der Waals surface area contributed by atoms with E-state index in [0.29, 0.717) is 0 Å². The van der Waals surface area contributed by atoms with Crippen LogP contribution in [0, 0.1) is 0 Å². The number of fused-ring (bicyclic) bond motifs is 1. The predicted octanol–water partition coefficient (Wildman–Crippen LogP) is 1.95. The van der Waals surface area contributed by atoms with Gasteiger partial charge >= 0.3 is 0 Å². The Balaban J connectivity index is 1.75. The van der Waals surface area contributed by atoms with Crippen LogP contribution in [0.5, 0.6) is 0 Å². The third-order valence-electron chi connectivity index (χ3n) is 4.87. The van der Waals surface area contributed by atoms with Crippen molar-refractivity contribution in [2.75, 3.05) is 19.7 Å². The van der Waals surface area contributed by atoms with Gasteiger partial charge in [-0.3, -0.25) is 14.4 Å². The highest BCUT2D eigenvalue weighted by Gasteiger charge is 2.18. The maximum Gasteiger partial charge on any atom is 0.267 e. The molecule has 1 aliphatic heterocycles. The average molecular weight is 365 g/mol. The van der Waals surface area contributed by atoms with Crippen molar-refractivity contribution in [1.29, 1.82) is 0 Å². The number of carbonyl (C=O) groups is 1. The molecule has 7 heteroatoms. The lowest BCUT2D eigenvalue weighted by Crippen LogP contribution is -2.40. The van der Waals surface area contributed by atoms with Crippen LogP contribution in [0.4, 0.5) is 0 Å². The third kappa shape index (κ3) is 3.70. The summed E-state index contributed by atoms with van der Waals surface area (Å²) in [5.74, 6) is -0.533. The van der Waals surface area contributed by atoms with Crippen molar-refractivity contribution >= 4 is 16.8 Å². The Hall–Kier alpha value is -2.77. The fourth-order valence-electron chi connectivity index (χ4n) is 3.59. The Bertz CT molecular complexity index is 997. The zero-order chi connectivity index (χ0) is 19.0. The van der Waals surface area contributed by atoms with Crippen LogP contribution in [0.1, 0.15) is 23.0 Å². The molecule has 7 nitrogen and oxygen atoms in total. The molecule has 1 aliphatic rings. The zero-order valence-corrected chi connectivity index (χ0v) is 15.6. The van der Waals surface area contributed by atoms with Crippen LogP contribution in [0.2, 0.25) is 0 Å². The van der Waals surface area contributed by atoms with Crippen LogP contribution in [0.15, 0.2) is 36.7 Å². The number of benzene rings is 1. The van der Waals surface area contributed by atoms with Crippen molar-refractivity contribution in [1.82, 2.24) is 19.7 Å². The van der Waals surface area contributed by atoms with Gasteiger partial charge in [-0.25, -0.2) is 4.98 Å². The molecule has 1 unspecified atom stereocenters. The number of amides is 1. The Labute approximate surface area is 157 Å². The van der Waals surface area contributed by atoms with E-state index in [1.165, 1.54) is 0 Å². The van der Waals surface area contributed by atoms with E-state index >= 15 is 0 Å². The van der Waals surface area contributed by atoms with E-state index in [1.54, 1.807) is 16.9 Å². The smallest absolute Gasteiger partial charge is 0.267 e. The number of carbonyl (C=O) groups excluding carboxylic acids is 1. The van der Waals surface area contributed by atoms with Gasteiger partial charge in [0.2, 0.25) is 0 Å². The summed E-state index contributed by atoms with van der Waals surface area (Å²) in [5.41, 5.74) is 9.54. The number of aryl methyl sites for hydroxylation is 1. The molecule has 27 heavy (non-hydrogen) atoms. The lowest BCUT2D eigenvalue weighted by Gasteiger charge is -2.31. The summed E-state index contributed by atoms with van der Waals surface area (Å²) in [6.07, 6.45) is 3.95. The molecule has 0 radical (unpaired) electrons. The molecular formula is C20H23N5O2. The highest BCUT2D eigenvalue weighted by Crippen LogP contribution is 2.29. The third-order valence-corrected chi connectivity index (χ3v) is 4.87. The Morgan fingerprint density at radius 2 is 2.22 bits per heavy atom. The maximum absolute atomic E-state index is 11.8. The van der Waals surface area contributed by atoms with E-state index in [1.807, 2.05) is 19.3 Å². The summed E-state index contributed by atoms with van der Waals surface area (Å²) in [7, 11) is 1.86. The van der Waals surface area contributed by atoms with Crippen molar-refractivity contribution in [2.24, 2.45) is 12.8 Å². The monoisotopic (exact) mass is 365 g/mol. The van der Waals surface area contributed by atoms with Gasteiger partial charge < -0.3 is 10.5 Å². The molecule has 1 aromatic carbocycles. The standard InChI is InChI=1S/C20H23N5O2/c1-13-10-25(5-6-27-13)11-14-3-4-16-17(15-9-22-24(2)12-15)8-19(20(21)26)23-18(16)7-14/h3-4,7-9,12-13H,5-6,10-11H2,1-2H3,(H2,21,26). The molecule has 3 aromatic rings. The fourth-order valence-corrected chi connectivity index (χ4v) is 3.59. The first-order chi connectivity index (χ1) is 13.0. The second kappa shape index (κ2) is 7.09. The predicted molar refractivity (Wildman–Crippen MR) is 103 cm³/mol. The van der Waals surface area contributed by atoms with E-state index < -0.39 is 5.91 Å². The number of hydrogen-bond donors (Lipinski definition) is 1. The number of pyridine rings is 1. The molecule has 2 N–H and O–H groups in total. The highest BCUT2D eigenvalue weighted by molar-refractivity contribution is 6.00. The van der Waals surface area contributed by atoms with Gasteiger partial charge in [-0.1, -0.05) is 12.1 Å². The molecule has 2 aromatic heterocycles. The van der Waals surface area contributed by atoms with Gasteiger partial charge in [0.1, 0.15) is 5.69 Å². The van der Waals surface area contributed by atoms with Crippen LogP contribution in [0.25, 0.3) is 22.0 Å². The molecule has 3 heterocycles. The number of aromatic nitrogens is 3. The second-order valence-electron chi connectivity index (χ2n) is 7.09. The molecule has 0 aliphatic carbocycles. The topological polar surface area (TPSA) is 86.3 Å². The first kappa shape index (κ1) is 17.6. The van der Waals surface area contributed by atoms with Gasteiger partial charge in [0.15, 0.2) is 0 Å². The van der Waals surface area contributed by atoms with Crippen molar-refractivity contribution in [3.63, 3.8) is 0 Å². The molecule has 1 fully saturated rings. The fraction of sp³-hybridized carbons (Fsp3) is 0.350. The molecule has 4 rings (SSSR count). The van der Waals surface area contributed by atoms with Crippen molar-refractivity contribution in [3.8, 4) is 11.1 Å². The van der Waals surface area contributed by atoms with Crippen molar-refractivity contribution in [2.45, 2.75) is 19.6 Å². The number of nitrogens with zero attached hydrogens (tertiary/aromatic N) is 4. The minimum Gasteiger partial charge on any atom is -0.376 e. The van der Waals surface area contributed by atoms with Crippen LogP contribution >= 0.6 is 0 Å². The first-order valence-electron chi connectivity index (χ1n) is 9.06. The van der Waals surface area contributed by atoms with E-state index in [9.17, 15) is 4.79 Å². The minimum absolute atomic E-state index is 0.246. The summed E-state index contributed by atoms with van der Waals surface area (Å²) in [6, 6.07) is 7.97. The van der Waals surface area contributed by atoms with E-state index in [2.05, 4.69) is 34.0 Å². The number of primary amides is 1. The molecule has 0 saturated carbocycles. The van der Waals surface area contributed by atoms with Crippen LogP contribution in [0.3, 0.4) is 0 Å². The lowest BCUT2D eigenvalue weighted by atomic mass is 10.0. The highest BCUT2D eigenvalue weighted by atomic mass is 16.5. The number of rotatable bonds is 4. The Kier molecular flexibility index (Phi) is 4.63. The van der Waals surface area contributed by atoms with Crippen LogP contribution in [-0.4, -0.2) is 51.4 Å². The van der Waals surface area contributed by atoms with E-state index in [0.717, 1.165) is 53.8 Å². The van der Waals surface area contributed by atoms with Crippen LogP contribution in [-0.2, 0) is 18.3 Å². The maximum atomic E-state index is 11.8. The molecule has 1 atom stereocenters. The summed E-state index contributed by atoms with van der Waals surface area (Å²) in [6.45, 7) is 5.50. The number of nitrogens with two attached hydrogens (primary N) is 1. The van der Waals surface area contributed by atoms with Gasteiger partial charge in [-0.05, 0) is 30.2 Å². The molecular weight excluding hydrogens is 342 g/mol. The van der Waals surface area contributed by atoms with Gasteiger partial charge in [0.05, 0.1) is 24.4 Å². The van der Waals surface area contributed by atoms with E-state index in [4.69, 9.17) is 10.5 Å². The second-order valence-corrected chi connectivity index (χ2v) is 7.09. The largest absolute Gasteiger partial charge is 0.376 e. The molecule has 0 bridgehead atoms. The minimum atomic E-state index is -0.533. The zero-order valence-electron chi connectivity index (χ0n) is 15.6. The number of morpholine rings is 1. The molecule has 0 spiro atoms. The average Bonchev–Trinajstić information content (AvgIpc) is 3.06. The van der Waals surface area contributed by atoms with Crippen molar-refractivity contribution in [3.05, 3.63) is 47.9 Å². The molecule has 1 saturated heterocycles. The molecule has 1 amide bonds. The summed E-state index contributed by atoms with van der Waals surface area (Å²) < 4.78 is 7.35. The summed E-state index contributed by atoms with van der Waals surface area (Å²) in [5, 5.41) is 5.22. The first-order valence-corrected chi connectivity index (χ1v) is 9.06. The summed E-state index contributed by atoms with van der Waals surface area (Å²) in [4.78, 5) is 18.6. The number of hydrogen-bond acceptors (Lipinski definition) is 5. The quantitative estimate of drug-likeness (QED) is 0.764. The van der Waals surface area contributed by atoms with Gasteiger partial charge in [-0.2, -0.15) is 5.10 Å². The van der Waals surface area contributed by atoms with E-state index in [-0.39, 0.29) is 11.8 Å². The molecule has 140 valence electrons. The Morgan fingerprint density at radius 3 is 2.93 bits per heavy atom. The van der Waals surface area contributed by atoms with Crippen molar-refractivity contribution < 1.29 is 9.53 Å². The van der Waals surface area contributed by atoms with Gasteiger partial charge in [0, 0.05) is 43.8 Å². The van der Waals surface area contributed by atoms with Gasteiger partial charge in [-0.15, -0.1) is 0 Å². The Morgan fingerprint density at radius 1 is 1.37 bits per heavy atom.